The standard InChI is InChI=1S/C17H12F3NO3/c1-10-8-16(22)14-9-13(6-7-15(14)21-10)23-11-2-4-12(5-3-11)24-17(18,19)20/h2-9H,1H3,(H,21,22). The summed E-state index contributed by atoms with van der Waals surface area (Å²) in [5.74, 6) is 0.397. The van der Waals surface area contributed by atoms with Crippen molar-refractivity contribution in [3.05, 3.63) is 64.4 Å². The Morgan fingerprint density at radius 3 is 2.21 bits per heavy atom. The Kier molecular flexibility index (Phi) is 3.92. The van der Waals surface area contributed by atoms with E-state index in [2.05, 4.69) is 9.72 Å². The van der Waals surface area contributed by atoms with Crippen molar-refractivity contribution in [1.82, 2.24) is 4.98 Å². The average Bonchev–Trinajstić information content (AvgIpc) is 2.48. The van der Waals surface area contributed by atoms with Crippen LogP contribution < -0.4 is 14.9 Å². The Bertz CT molecular complexity index is 930. The molecule has 0 saturated carbocycles. The summed E-state index contributed by atoms with van der Waals surface area (Å²) in [7, 11) is 0. The number of halogens is 3. The molecular formula is C17H12F3NO3. The van der Waals surface area contributed by atoms with E-state index in [1.807, 2.05) is 0 Å². The van der Waals surface area contributed by atoms with Gasteiger partial charge in [-0.25, -0.2) is 0 Å². The number of benzene rings is 2. The number of aromatic nitrogens is 1. The smallest absolute Gasteiger partial charge is 0.457 e. The lowest BCUT2D eigenvalue weighted by atomic mass is 10.2. The van der Waals surface area contributed by atoms with Gasteiger partial charge in [0.1, 0.15) is 17.2 Å². The number of nitrogens with one attached hydrogen (secondary N) is 1. The average molecular weight is 335 g/mol. The molecule has 3 aromatic rings. The predicted molar refractivity (Wildman–Crippen MR) is 82.5 cm³/mol. The number of aromatic amines is 1. The van der Waals surface area contributed by atoms with Gasteiger partial charge in [0.05, 0.1) is 0 Å². The van der Waals surface area contributed by atoms with Gasteiger partial charge in [-0.2, -0.15) is 0 Å². The van der Waals surface area contributed by atoms with Crippen LogP contribution in [0, 0.1) is 6.92 Å². The maximum atomic E-state index is 12.1. The first-order valence-corrected chi connectivity index (χ1v) is 6.97. The molecule has 0 saturated heterocycles. The number of ether oxygens (including phenoxy) is 2. The molecule has 0 unspecified atom stereocenters. The summed E-state index contributed by atoms with van der Waals surface area (Å²) in [6, 6.07) is 11.4. The SMILES string of the molecule is Cc1cc(=O)c2cc(Oc3ccc(OC(F)(F)F)cc3)ccc2[nH]1. The fourth-order valence-electron chi connectivity index (χ4n) is 2.27. The molecule has 2 aromatic carbocycles. The molecule has 0 bridgehead atoms. The summed E-state index contributed by atoms with van der Waals surface area (Å²) < 4.78 is 45.7. The van der Waals surface area contributed by atoms with Gasteiger partial charge < -0.3 is 14.5 Å². The van der Waals surface area contributed by atoms with Gasteiger partial charge in [-0.15, -0.1) is 13.2 Å². The van der Waals surface area contributed by atoms with E-state index >= 15 is 0 Å². The molecule has 1 N–H and O–H groups in total. The molecule has 124 valence electrons. The molecule has 0 radical (unpaired) electrons. The fourth-order valence-corrected chi connectivity index (χ4v) is 2.27. The number of H-pyrrole nitrogens is 1. The fraction of sp³-hybridized carbons (Fsp3) is 0.118. The van der Waals surface area contributed by atoms with Crippen LogP contribution in [0.4, 0.5) is 13.2 Å². The van der Waals surface area contributed by atoms with Crippen LogP contribution in [0.1, 0.15) is 5.69 Å². The third-order valence-electron chi connectivity index (χ3n) is 3.23. The van der Waals surface area contributed by atoms with Gasteiger partial charge in [-0.1, -0.05) is 0 Å². The second kappa shape index (κ2) is 5.92. The molecule has 3 rings (SSSR count). The highest BCUT2D eigenvalue weighted by molar-refractivity contribution is 5.80. The monoisotopic (exact) mass is 335 g/mol. The first kappa shape index (κ1) is 15.9. The topological polar surface area (TPSA) is 51.3 Å². The van der Waals surface area contributed by atoms with E-state index in [4.69, 9.17) is 4.74 Å². The van der Waals surface area contributed by atoms with Crippen LogP contribution in [0.5, 0.6) is 17.2 Å². The molecule has 0 fully saturated rings. The van der Waals surface area contributed by atoms with E-state index in [1.165, 1.54) is 18.2 Å². The molecule has 0 amide bonds. The minimum absolute atomic E-state index is 0.138. The molecule has 7 heteroatoms. The maximum absolute atomic E-state index is 12.1. The molecular weight excluding hydrogens is 323 g/mol. The second-order valence-corrected chi connectivity index (χ2v) is 5.15. The van der Waals surface area contributed by atoms with Gasteiger partial charge in [0.15, 0.2) is 5.43 Å². The zero-order valence-corrected chi connectivity index (χ0v) is 12.5. The van der Waals surface area contributed by atoms with Crippen LogP contribution in [-0.4, -0.2) is 11.3 Å². The van der Waals surface area contributed by atoms with E-state index in [0.717, 1.165) is 17.8 Å². The Hall–Kier alpha value is -2.96. The Labute approximate surface area is 134 Å². The number of rotatable bonds is 3. The van der Waals surface area contributed by atoms with Crippen molar-refractivity contribution in [3.63, 3.8) is 0 Å². The summed E-state index contributed by atoms with van der Waals surface area (Å²) in [6.45, 7) is 1.79. The van der Waals surface area contributed by atoms with Crippen molar-refractivity contribution in [1.29, 1.82) is 0 Å². The van der Waals surface area contributed by atoms with E-state index in [-0.39, 0.29) is 11.2 Å². The summed E-state index contributed by atoms with van der Waals surface area (Å²) in [6.07, 6.45) is -4.74. The highest BCUT2D eigenvalue weighted by atomic mass is 19.4. The first-order chi connectivity index (χ1) is 11.3. The van der Waals surface area contributed by atoms with E-state index in [9.17, 15) is 18.0 Å². The normalized spacial score (nSPS) is 11.5. The van der Waals surface area contributed by atoms with Gasteiger partial charge in [-0.3, -0.25) is 4.79 Å². The molecule has 0 atom stereocenters. The maximum Gasteiger partial charge on any atom is 0.573 e. The van der Waals surface area contributed by atoms with Crippen LogP contribution in [0.3, 0.4) is 0 Å². The van der Waals surface area contributed by atoms with Crippen molar-refractivity contribution in [2.45, 2.75) is 13.3 Å². The van der Waals surface area contributed by atoms with Crippen LogP contribution in [0.15, 0.2) is 53.3 Å². The van der Waals surface area contributed by atoms with Crippen molar-refractivity contribution >= 4 is 10.9 Å². The molecule has 4 nitrogen and oxygen atoms in total. The van der Waals surface area contributed by atoms with Crippen LogP contribution in [-0.2, 0) is 0 Å². The third kappa shape index (κ3) is 3.68. The molecule has 1 aromatic heterocycles. The molecule has 1 heterocycles. The number of pyridine rings is 1. The Balaban J connectivity index is 1.83. The van der Waals surface area contributed by atoms with Crippen molar-refractivity contribution in [3.8, 4) is 17.2 Å². The summed E-state index contributed by atoms with van der Waals surface area (Å²) >= 11 is 0. The summed E-state index contributed by atoms with van der Waals surface area (Å²) in [4.78, 5) is 15.1. The van der Waals surface area contributed by atoms with Gasteiger partial charge in [0, 0.05) is 22.7 Å². The lowest BCUT2D eigenvalue weighted by molar-refractivity contribution is -0.274. The van der Waals surface area contributed by atoms with Gasteiger partial charge >= 0.3 is 6.36 Å². The summed E-state index contributed by atoms with van der Waals surface area (Å²) in [5.41, 5.74) is 1.29. The number of alkyl halides is 3. The van der Waals surface area contributed by atoms with Gasteiger partial charge in [-0.05, 0) is 49.4 Å². The number of hydrogen-bond donors (Lipinski definition) is 1. The summed E-state index contributed by atoms with van der Waals surface area (Å²) in [5, 5.41) is 0.468. The van der Waals surface area contributed by atoms with Crippen molar-refractivity contribution in [2.24, 2.45) is 0 Å². The zero-order valence-electron chi connectivity index (χ0n) is 12.5. The molecule has 0 aliphatic heterocycles. The van der Waals surface area contributed by atoms with E-state index in [0.29, 0.717) is 22.4 Å². The van der Waals surface area contributed by atoms with Crippen LogP contribution >= 0.6 is 0 Å². The quantitative estimate of drug-likeness (QED) is 0.765. The Morgan fingerprint density at radius 2 is 1.54 bits per heavy atom. The molecule has 0 spiro atoms. The zero-order chi connectivity index (χ0) is 17.3. The lowest BCUT2D eigenvalue weighted by Gasteiger charge is -2.10. The van der Waals surface area contributed by atoms with Crippen molar-refractivity contribution in [2.75, 3.05) is 0 Å². The molecule has 0 aliphatic carbocycles. The minimum Gasteiger partial charge on any atom is -0.457 e. The Morgan fingerprint density at radius 1 is 0.917 bits per heavy atom. The van der Waals surface area contributed by atoms with Gasteiger partial charge in [0.25, 0.3) is 0 Å². The first-order valence-electron chi connectivity index (χ1n) is 6.97. The third-order valence-corrected chi connectivity index (χ3v) is 3.23. The largest absolute Gasteiger partial charge is 0.573 e. The van der Waals surface area contributed by atoms with Crippen molar-refractivity contribution < 1.29 is 22.6 Å². The lowest BCUT2D eigenvalue weighted by Crippen LogP contribution is -2.16. The molecule has 24 heavy (non-hydrogen) atoms. The second-order valence-electron chi connectivity index (χ2n) is 5.15. The highest BCUT2D eigenvalue weighted by Crippen LogP contribution is 2.28. The molecule has 0 aliphatic rings. The number of hydrogen-bond acceptors (Lipinski definition) is 3. The highest BCUT2D eigenvalue weighted by Gasteiger charge is 2.30. The van der Waals surface area contributed by atoms with Gasteiger partial charge in [0.2, 0.25) is 0 Å². The van der Waals surface area contributed by atoms with E-state index in [1.54, 1.807) is 25.1 Å². The number of fused-ring (bicyclic) bond motifs is 1. The van der Waals surface area contributed by atoms with E-state index < -0.39 is 6.36 Å². The van der Waals surface area contributed by atoms with Crippen LogP contribution in [0.25, 0.3) is 10.9 Å². The minimum atomic E-state index is -4.74. The van der Waals surface area contributed by atoms with Crippen LogP contribution in [0.2, 0.25) is 0 Å². The predicted octanol–water partition coefficient (Wildman–Crippen LogP) is 4.53. The number of aryl methyl sites for hydroxylation is 1.